The van der Waals surface area contributed by atoms with Gasteiger partial charge >= 0.3 is 16.5 Å². The van der Waals surface area contributed by atoms with Crippen LogP contribution in [-0.4, -0.2) is 19.4 Å². The standard InChI is InChI=1S/C11H10N2.CH2N2O3S/c1-2-6-10(7-3-1)13-11-8-4-5-9-12-11;2-1(4)3-7(5)6/h1-9H,(H,12,13);(H2,2,4). The van der Waals surface area contributed by atoms with E-state index in [0.717, 1.165) is 11.5 Å². The van der Waals surface area contributed by atoms with Crippen LogP contribution in [0.3, 0.4) is 0 Å². The molecule has 0 aliphatic heterocycles. The molecule has 2 aromatic rings. The molecule has 0 unspecified atom stereocenters. The van der Waals surface area contributed by atoms with E-state index in [1.165, 1.54) is 0 Å². The molecule has 0 fully saturated rings. The van der Waals surface area contributed by atoms with E-state index >= 15 is 0 Å². The highest BCUT2D eigenvalue weighted by Crippen LogP contribution is 2.11. The van der Waals surface area contributed by atoms with Crippen LogP contribution < -0.4 is 11.1 Å². The molecular weight excluding hydrogens is 280 g/mol. The Morgan fingerprint density at radius 1 is 1.10 bits per heavy atom. The number of rotatable bonds is 2. The number of nitrogens with zero attached hydrogens (tertiary/aromatic N) is 2. The molecule has 1 aromatic heterocycles. The van der Waals surface area contributed by atoms with Crippen molar-refractivity contribution in [1.29, 1.82) is 0 Å². The molecule has 8 heteroatoms. The SMILES string of the molecule is NC(=O)N=S(=O)=O.c1ccc(Nc2ccccn2)cc1. The first kappa shape index (κ1) is 15.3. The largest absolute Gasteiger partial charge is 0.353 e. The molecule has 1 heterocycles. The number of nitrogens with one attached hydrogen (secondary N) is 1. The first-order valence-electron chi connectivity index (χ1n) is 5.41. The lowest BCUT2D eigenvalue weighted by atomic mass is 10.3. The van der Waals surface area contributed by atoms with Crippen LogP contribution in [-0.2, 0) is 10.5 Å². The van der Waals surface area contributed by atoms with Crippen LogP contribution >= 0.6 is 0 Å². The molecule has 0 spiro atoms. The number of para-hydroxylation sites is 1. The number of pyridine rings is 1. The Hall–Kier alpha value is -2.74. The molecule has 3 N–H and O–H groups in total. The van der Waals surface area contributed by atoms with Crippen molar-refractivity contribution >= 4 is 28.0 Å². The van der Waals surface area contributed by atoms with Gasteiger partial charge in [-0.2, -0.15) is 8.42 Å². The summed E-state index contributed by atoms with van der Waals surface area (Å²) >= 11 is 0. The van der Waals surface area contributed by atoms with E-state index in [0.29, 0.717) is 0 Å². The molecule has 7 nitrogen and oxygen atoms in total. The Labute approximate surface area is 117 Å². The number of carbonyl (C=O) groups is 1. The Morgan fingerprint density at radius 2 is 1.75 bits per heavy atom. The second-order valence-electron chi connectivity index (χ2n) is 3.35. The maximum Gasteiger partial charge on any atom is 0.353 e. The van der Waals surface area contributed by atoms with Gasteiger partial charge in [-0.05, 0) is 24.3 Å². The van der Waals surface area contributed by atoms with Crippen LogP contribution in [0.25, 0.3) is 0 Å². The van der Waals surface area contributed by atoms with E-state index in [1.807, 2.05) is 48.5 Å². The molecule has 0 bridgehead atoms. The number of aromatic nitrogens is 1. The van der Waals surface area contributed by atoms with Gasteiger partial charge in [0.2, 0.25) is 0 Å². The van der Waals surface area contributed by atoms with E-state index in [-0.39, 0.29) is 0 Å². The molecule has 2 rings (SSSR count). The fraction of sp³-hybridized carbons (Fsp3) is 0. The van der Waals surface area contributed by atoms with E-state index in [2.05, 4.69) is 20.4 Å². The normalized spacial score (nSPS) is 8.80. The number of benzene rings is 1. The number of hydrogen-bond donors (Lipinski definition) is 2. The Balaban J connectivity index is 0.000000246. The number of hydrogen-bond acceptors (Lipinski definition) is 5. The van der Waals surface area contributed by atoms with Gasteiger partial charge in [0, 0.05) is 11.9 Å². The Kier molecular flexibility index (Phi) is 6.42. The van der Waals surface area contributed by atoms with Crippen molar-refractivity contribution in [2.45, 2.75) is 0 Å². The van der Waals surface area contributed by atoms with Crippen LogP contribution in [0.5, 0.6) is 0 Å². The van der Waals surface area contributed by atoms with E-state index in [1.54, 1.807) is 6.20 Å². The fourth-order valence-electron chi connectivity index (χ4n) is 1.18. The predicted octanol–water partition coefficient (Wildman–Crippen LogP) is 1.95. The van der Waals surface area contributed by atoms with Gasteiger partial charge in [0.25, 0.3) is 0 Å². The summed E-state index contributed by atoms with van der Waals surface area (Å²) in [6.45, 7) is 0. The smallest absolute Gasteiger partial charge is 0.349 e. The second-order valence-corrected chi connectivity index (χ2v) is 3.97. The summed E-state index contributed by atoms with van der Waals surface area (Å²) in [7, 11) is -2.70. The summed E-state index contributed by atoms with van der Waals surface area (Å²) in [5.41, 5.74) is 5.35. The summed E-state index contributed by atoms with van der Waals surface area (Å²) in [6.07, 6.45) is 1.77. The molecule has 2 amide bonds. The molecule has 0 saturated carbocycles. The van der Waals surface area contributed by atoms with Gasteiger partial charge < -0.3 is 11.1 Å². The minimum atomic E-state index is -2.70. The van der Waals surface area contributed by atoms with Crippen molar-refractivity contribution in [3.63, 3.8) is 0 Å². The van der Waals surface area contributed by atoms with Crippen LogP contribution in [0, 0.1) is 0 Å². The van der Waals surface area contributed by atoms with Crippen molar-refractivity contribution in [3.05, 3.63) is 54.7 Å². The summed E-state index contributed by atoms with van der Waals surface area (Å²) < 4.78 is 21.0. The molecule has 104 valence electrons. The highest BCUT2D eigenvalue weighted by atomic mass is 32.2. The van der Waals surface area contributed by atoms with E-state index in [4.69, 9.17) is 0 Å². The lowest BCUT2D eigenvalue weighted by molar-refractivity contribution is 0.257. The Morgan fingerprint density at radius 3 is 2.20 bits per heavy atom. The number of urea groups is 1. The van der Waals surface area contributed by atoms with Gasteiger partial charge in [-0.1, -0.05) is 28.6 Å². The van der Waals surface area contributed by atoms with Crippen LogP contribution in [0.1, 0.15) is 0 Å². The summed E-state index contributed by atoms with van der Waals surface area (Å²) in [6, 6.07) is 14.6. The summed E-state index contributed by atoms with van der Waals surface area (Å²) in [4.78, 5) is 13.6. The zero-order chi connectivity index (χ0) is 14.8. The number of nitrogens with two attached hydrogens (primary N) is 1. The lowest BCUT2D eigenvalue weighted by Gasteiger charge is -2.03. The number of anilines is 2. The number of primary amides is 1. The lowest BCUT2D eigenvalue weighted by Crippen LogP contribution is -2.02. The summed E-state index contributed by atoms with van der Waals surface area (Å²) in [5.74, 6) is 0.869. The first-order valence-corrected chi connectivity index (χ1v) is 6.45. The third kappa shape index (κ3) is 6.87. The highest BCUT2D eigenvalue weighted by molar-refractivity contribution is 7.62. The van der Waals surface area contributed by atoms with Crippen molar-refractivity contribution in [2.75, 3.05) is 5.32 Å². The third-order valence-corrected chi connectivity index (χ3v) is 2.20. The average molecular weight is 292 g/mol. The molecular formula is C12H12N4O3S. The third-order valence-electron chi connectivity index (χ3n) is 1.88. The predicted molar refractivity (Wildman–Crippen MR) is 74.9 cm³/mol. The van der Waals surface area contributed by atoms with Gasteiger partial charge in [0.05, 0.1) is 0 Å². The Bertz CT molecular complexity index is 627. The molecule has 0 aliphatic carbocycles. The highest BCUT2D eigenvalue weighted by Gasteiger charge is 1.91. The van der Waals surface area contributed by atoms with Gasteiger partial charge in [-0.25, -0.2) is 9.78 Å². The first-order chi connectivity index (χ1) is 9.58. The van der Waals surface area contributed by atoms with Gasteiger partial charge in [-0.3, -0.25) is 0 Å². The van der Waals surface area contributed by atoms with Gasteiger partial charge in [0.1, 0.15) is 5.82 Å². The van der Waals surface area contributed by atoms with Crippen LogP contribution in [0.4, 0.5) is 16.3 Å². The van der Waals surface area contributed by atoms with Crippen molar-refractivity contribution < 1.29 is 13.2 Å². The second kappa shape index (κ2) is 8.38. The summed E-state index contributed by atoms with van der Waals surface area (Å²) in [5, 5.41) is 3.19. The quantitative estimate of drug-likeness (QED) is 0.877. The van der Waals surface area contributed by atoms with E-state index in [9.17, 15) is 13.2 Å². The fourth-order valence-corrected chi connectivity index (χ4v) is 1.33. The van der Waals surface area contributed by atoms with Crippen molar-refractivity contribution in [2.24, 2.45) is 10.1 Å². The topological polar surface area (TPSA) is 115 Å². The van der Waals surface area contributed by atoms with E-state index < -0.39 is 16.5 Å². The van der Waals surface area contributed by atoms with Crippen molar-refractivity contribution in [3.8, 4) is 0 Å². The van der Waals surface area contributed by atoms with Gasteiger partial charge in [0.15, 0.2) is 0 Å². The van der Waals surface area contributed by atoms with Crippen LogP contribution in [0.15, 0.2) is 59.1 Å². The molecule has 1 aromatic carbocycles. The monoisotopic (exact) mass is 292 g/mol. The minimum absolute atomic E-state index is 0.869. The molecule has 0 radical (unpaired) electrons. The number of carbonyl (C=O) groups excluding carboxylic acids is 1. The average Bonchev–Trinajstić information content (AvgIpc) is 2.40. The molecule has 20 heavy (non-hydrogen) atoms. The maximum absolute atomic E-state index is 9.47. The minimum Gasteiger partial charge on any atom is -0.349 e. The zero-order valence-electron chi connectivity index (χ0n) is 10.3. The van der Waals surface area contributed by atoms with Crippen LogP contribution in [0.2, 0.25) is 0 Å². The number of amides is 2. The molecule has 0 saturated heterocycles. The van der Waals surface area contributed by atoms with Gasteiger partial charge in [-0.15, -0.1) is 0 Å². The van der Waals surface area contributed by atoms with Crippen molar-refractivity contribution in [1.82, 2.24) is 4.98 Å². The zero-order valence-corrected chi connectivity index (χ0v) is 11.1. The maximum atomic E-state index is 9.47. The molecule has 0 aliphatic rings. The molecule has 0 atom stereocenters.